The van der Waals surface area contributed by atoms with E-state index in [4.69, 9.17) is 0 Å². The fourth-order valence-electron chi connectivity index (χ4n) is 1.71. The van der Waals surface area contributed by atoms with E-state index in [9.17, 15) is 19.2 Å². The Balaban J connectivity index is 2.97. The highest BCUT2D eigenvalue weighted by molar-refractivity contribution is 6.07. The summed E-state index contributed by atoms with van der Waals surface area (Å²) in [6.07, 6.45) is 2.50. The van der Waals surface area contributed by atoms with Crippen LogP contribution in [0.3, 0.4) is 0 Å². The van der Waals surface area contributed by atoms with Crippen LogP contribution in [0.15, 0.2) is 31.0 Å². The van der Waals surface area contributed by atoms with Crippen LogP contribution in [0.5, 0.6) is 0 Å². The Morgan fingerprint density at radius 2 is 2.17 bits per heavy atom. The molecule has 8 nitrogen and oxygen atoms in total. The van der Waals surface area contributed by atoms with Gasteiger partial charge in [-0.1, -0.05) is 6.58 Å². The van der Waals surface area contributed by atoms with Crippen molar-refractivity contribution in [1.82, 2.24) is 4.98 Å². The summed E-state index contributed by atoms with van der Waals surface area (Å²) < 4.78 is 4.68. The third kappa shape index (κ3) is 5.34. The molecule has 23 heavy (non-hydrogen) atoms. The molecule has 0 aliphatic rings. The smallest absolute Gasteiger partial charge is 0.315 e. The van der Waals surface area contributed by atoms with E-state index in [-0.39, 0.29) is 24.7 Å². The standard InChI is InChI=1S/C15H17N3O5/c1-3-13(21)18(8-9-19)15-11(6-5-7-16-15)17-12(20)10-14(22)23-4-2/h3,5-7,9H,1,4,8,10H2,2H3,(H,17,20). The van der Waals surface area contributed by atoms with Crippen LogP contribution in [0.4, 0.5) is 11.5 Å². The van der Waals surface area contributed by atoms with Crippen molar-refractivity contribution < 1.29 is 23.9 Å². The van der Waals surface area contributed by atoms with Gasteiger partial charge in [-0.15, -0.1) is 0 Å². The maximum Gasteiger partial charge on any atom is 0.315 e. The van der Waals surface area contributed by atoms with Gasteiger partial charge < -0.3 is 14.8 Å². The molecular weight excluding hydrogens is 302 g/mol. The number of rotatable bonds is 8. The molecule has 1 heterocycles. The van der Waals surface area contributed by atoms with Crippen LogP contribution in [0.25, 0.3) is 0 Å². The number of nitrogens with zero attached hydrogens (tertiary/aromatic N) is 2. The molecule has 0 radical (unpaired) electrons. The lowest BCUT2D eigenvalue weighted by atomic mass is 10.3. The first-order valence-electron chi connectivity index (χ1n) is 6.81. The zero-order chi connectivity index (χ0) is 17.2. The molecule has 1 aromatic rings. The highest BCUT2D eigenvalue weighted by atomic mass is 16.5. The van der Waals surface area contributed by atoms with E-state index in [1.807, 2.05) is 0 Å². The zero-order valence-corrected chi connectivity index (χ0v) is 12.7. The molecule has 0 atom stereocenters. The van der Waals surface area contributed by atoms with Crippen molar-refractivity contribution in [3.05, 3.63) is 31.0 Å². The average molecular weight is 319 g/mol. The predicted octanol–water partition coefficient (Wildman–Crippen LogP) is 0.691. The van der Waals surface area contributed by atoms with Crippen molar-refractivity contribution in [3.8, 4) is 0 Å². The number of ether oxygens (including phenoxy) is 1. The van der Waals surface area contributed by atoms with E-state index >= 15 is 0 Å². The number of aromatic nitrogens is 1. The highest BCUT2D eigenvalue weighted by Gasteiger charge is 2.19. The maximum atomic E-state index is 11.8. The molecule has 0 aromatic carbocycles. The van der Waals surface area contributed by atoms with Gasteiger partial charge in [0.2, 0.25) is 5.91 Å². The molecule has 0 saturated heterocycles. The van der Waals surface area contributed by atoms with Crippen LogP contribution in [0, 0.1) is 0 Å². The molecule has 0 saturated carbocycles. The molecule has 0 fully saturated rings. The molecule has 8 heteroatoms. The fraction of sp³-hybridized carbons (Fsp3) is 0.267. The number of hydrogen-bond donors (Lipinski definition) is 1. The lowest BCUT2D eigenvalue weighted by molar-refractivity contribution is -0.145. The first-order chi connectivity index (χ1) is 11.0. The van der Waals surface area contributed by atoms with Gasteiger partial charge in [-0.05, 0) is 25.1 Å². The molecule has 0 aliphatic heterocycles. The van der Waals surface area contributed by atoms with Crippen LogP contribution >= 0.6 is 0 Å². The summed E-state index contributed by atoms with van der Waals surface area (Å²) in [7, 11) is 0. The number of nitrogens with one attached hydrogen (secondary N) is 1. The van der Waals surface area contributed by atoms with Gasteiger partial charge in [0.1, 0.15) is 12.7 Å². The molecule has 0 unspecified atom stereocenters. The number of esters is 1. The lowest BCUT2D eigenvalue weighted by Gasteiger charge is -2.20. The van der Waals surface area contributed by atoms with Crippen LogP contribution < -0.4 is 10.2 Å². The first-order valence-corrected chi connectivity index (χ1v) is 6.81. The minimum absolute atomic E-state index is 0.0849. The second-order valence-electron chi connectivity index (χ2n) is 4.22. The number of carbonyl (C=O) groups excluding carboxylic acids is 4. The summed E-state index contributed by atoms with van der Waals surface area (Å²) in [6, 6.07) is 3.04. The van der Waals surface area contributed by atoms with E-state index < -0.39 is 24.2 Å². The largest absolute Gasteiger partial charge is 0.466 e. The zero-order valence-electron chi connectivity index (χ0n) is 12.7. The van der Waals surface area contributed by atoms with Crippen molar-refractivity contribution in [3.63, 3.8) is 0 Å². The van der Waals surface area contributed by atoms with Gasteiger partial charge in [-0.25, -0.2) is 4.98 Å². The van der Waals surface area contributed by atoms with Gasteiger partial charge in [0.25, 0.3) is 5.91 Å². The Kier molecular flexibility index (Phi) is 7.12. The van der Waals surface area contributed by atoms with E-state index in [2.05, 4.69) is 21.6 Å². The van der Waals surface area contributed by atoms with Crippen LogP contribution in [-0.4, -0.2) is 42.2 Å². The van der Waals surface area contributed by atoms with Crippen LogP contribution in [-0.2, 0) is 23.9 Å². The second-order valence-corrected chi connectivity index (χ2v) is 4.22. The van der Waals surface area contributed by atoms with Crippen molar-refractivity contribution in [2.45, 2.75) is 13.3 Å². The third-order valence-electron chi connectivity index (χ3n) is 2.62. The Bertz CT molecular complexity index is 615. The fourth-order valence-corrected chi connectivity index (χ4v) is 1.71. The Labute approximate surface area is 133 Å². The van der Waals surface area contributed by atoms with Crippen molar-refractivity contribution in [1.29, 1.82) is 0 Å². The summed E-state index contributed by atoms with van der Waals surface area (Å²) in [6.45, 7) is 4.91. The summed E-state index contributed by atoms with van der Waals surface area (Å²) in [5.74, 6) is -1.74. The molecule has 0 aliphatic carbocycles. The molecule has 1 N–H and O–H groups in total. The van der Waals surface area contributed by atoms with Crippen LogP contribution in [0.2, 0.25) is 0 Å². The number of carbonyl (C=O) groups is 4. The molecule has 0 spiro atoms. The maximum absolute atomic E-state index is 11.8. The second kappa shape index (κ2) is 9.08. The summed E-state index contributed by atoms with van der Waals surface area (Å²) in [4.78, 5) is 50.8. The molecule has 2 amide bonds. The minimum Gasteiger partial charge on any atom is -0.466 e. The number of hydrogen-bond acceptors (Lipinski definition) is 6. The van der Waals surface area contributed by atoms with Gasteiger partial charge in [-0.2, -0.15) is 0 Å². The minimum atomic E-state index is -0.664. The molecule has 1 aromatic heterocycles. The Morgan fingerprint density at radius 3 is 2.78 bits per heavy atom. The monoisotopic (exact) mass is 319 g/mol. The first kappa shape index (κ1) is 18.0. The number of pyridine rings is 1. The summed E-state index contributed by atoms with van der Waals surface area (Å²) >= 11 is 0. The molecule has 122 valence electrons. The Hall–Kier alpha value is -3.03. The molecular formula is C15H17N3O5. The van der Waals surface area contributed by atoms with E-state index in [0.29, 0.717) is 6.29 Å². The number of aldehydes is 1. The van der Waals surface area contributed by atoms with Gasteiger partial charge in [-0.3, -0.25) is 19.3 Å². The summed E-state index contributed by atoms with van der Waals surface area (Å²) in [5.41, 5.74) is 0.193. The topological polar surface area (TPSA) is 106 Å². The number of amides is 2. The number of anilines is 2. The van der Waals surface area contributed by atoms with Gasteiger partial charge in [0.05, 0.1) is 18.8 Å². The van der Waals surface area contributed by atoms with Gasteiger partial charge in [0, 0.05) is 6.20 Å². The van der Waals surface area contributed by atoms with E-state index in [0.717, 1.165) is 11.0 Å². The normalized spacial score (nSPS) is 9.61. The van der Waals surface area contributed by atoms with Crippen molar-refractivity contribution in [2.75, 3.05) is 23.4 Å². The van der Waals surface area contributed by atoms with Gasteiger partial charge >= 0.3 is 5.97 Å². The average Bonchev–Trinajstić information content (AvgIpc) is 2.52. The van der Waals surface area contributed by atoms with Crippen molar-refractivity contribution in [2.24, 2.45) is 0 Å². The molecule has 1 rings (SSSR count). The summed E-state index contributed by atoms with van der Waals surface area (Å²) in [5, 5.41) is 2.47. The van der Waals surface area contributed by atoms with E-state index in [1.165, 1.54) is 12.3 Å². The van der Waals surface area contributed by atoms with Crippen LogP contribution in [0.1, 0.15) is 13.3 Å². The SMILES string of the molecule is C=CC(=O)N(CC=O)c1ncccc1NC(=O)CC(=O)OCC. The van der Waals surface area contributed by atoms with Gasteiger partial charge in [0.15, 0.2) is 5.82 Å². The Morgan fingerprint density at radius 1 is 1.43 bits per heavy atom. The molecule has 0 bridgehead atoms. The highest BCUT2D eigenvalue weighted by Crippen LogP contribution is 2.23. The predicted molar refractivity (Wildman–Crippen MR) is 82.7 cm³/mol. The van der Waals surface area contributed by atoms with E-state index in [1.54, 1.807) is 13.0 Å². The lowest BCUT2D eigenvalue weighted by Crippen LogP contribution is -2.33. The third-order valence-corrected chi connectivity index (χ3v) is 2.62. The van der Waals surface area contributed by atoms with Crippen molar-refractivity contribution >= 4 is 35.6 Å². The quantitative estimate of drug-likeness (QED) is 0.327.